The van der Waals surface area contributed by atoms with E-state index >= 15 is 0 Å². The fourth-order valence-electron chi connectivity index (χ4n) is 2.32. The summed E-state index contributed by atoms with van der Waals surface area (Å²) >= 11 is 0. The summed E-state index contributed by atoms with van der Waals surface area (Å²) in [6.45, 7) is 0. The number of aromatic amines is 1. The van der Waals surface area contributed by atoms with E-state index in [9.17, 15) is 4.39 Å². The van der Waals surface area contributed by atoms with Gasteiger partial charge in [-0.3, -0.25) is 5.10 Å². The van der Waals surface area contributed by atoms with Crippen LogP contribution in [0.5, 0.6) is 0 Å². The fourth-order valence-corrected chi connectivity index (χ4v) is 2.32. The van der Waals surface area contributed by atoms with Crippen LogP contribution in [0, 0.1) is 5.82 Å². The molecule has 4 aromatic rings. The van der Waals surface area contributed by atoms with Crippen molar-refractivity contribution in [3.8, 4) is 34.1 Å². The van der Waals surface area contributed by atoms with E-state index in [1.807, 2.05) is 30.3 Å². The number of H-pyrrole nitrogens is 1. The molecule has 2 aromatic carbocycles. The Hall–Kier alpha value is -3.28. The van der Waals surface area contributed by atoms with Crippen molar-refractivity contribution >= 4 is 0 Å². The first kappa shape index (κ1) is 13.4. The lowest BCUT2D eigenvalue weighted by Gasteiger charge is -1.98. The molecule has 5 nitrogen and oxygen atoms in total. The Morgan fingerprint density at radius 1 is 0.913 bits per heavy atom. The highest BCUT2D eigenvalue weighted by atomic mass is 19.1. The van der Waals surface area contributed by atoms with Gasteiger partial charge in [-0.1, -0.05) is 35.5 Å². The topological polar surface area (TPSA) is 67.6 Å². The largest absolute Gasteiger partial charge is 0.333 e. The Bertz CT molecular complexity index is 929. The lowest BCUT2D eigenvalue weighted by molar-refractivity contribution is 0.432. The zero-order valence-corrected chi connectivity index (χ0v) is 11.9. The zero-order chi connectivity index (χ0) is 15.6. The summed E-state index contributed by atoms with van der Waals surface area (Å²) in [5, 5.41) is 11.0. The molecule has 23 heavy (non-hydrogen) atoms. The van der Waals surface area contributed by atoms with Gasteiger partial charge >= 0.3 is 0 Å². The first-order valence-corrected chi connectivity index (χ1v) is 7.00. The highest BCUT2D eigenvalue weighted by molar-refractivity contribution is 5.76. The molecule has 0 radical (unpaired) electrons. The van der Waals surface area contributed by atoms with Crippen LogP contribution in [-0.4, -0.2) is 20.3 Å². The van der Waals surface area contributed by atoms with E-state index in [2.05, 4.69) is 20.3 Å². The van der Waals surface area contributed by atoms with Crippen LogP contribution in [0.1, 0.15) is 0 Å². The number of rotatable bonds is 3. The monoisotopic (exact) mass is 306 g/mol. The summed E-state index contributed by atoms with van der Waals surface area (Å²) in [5.41, 5.74) is 3.18. The number of nitrogens with one attached hydrogen (secondary N) is 1. The molecular weight excluding hydrogens is 295 g/mol. The molecule has 2 heterocycles. The maximum Gasteiger partial charge on any atom is 0.262 e. The number of hydrogen-bond acceptors (Lipinski definition) is 4. The molecule has 1 N–H and O–H groups in total. The molecule has 0 aliphatic carbocycles. The van der Waals surface area contributed by atoms with Crippen molar-refractivity contribution in [2.45, 2.75) is 0 Å². The van der Waals surface area contributed by atoms with Gasteiger partial charge in [0, 0.05) is 11.1 Å². The summed E-state index contributed by atoms with van der Waals surface area (Å²) in [6.07, 6.45) is 1.64. The predicted molar refractivity (Wildman–Crippen MR) is 82.7 cm³/mol. The highest BCUT2D eigenvalue weighted by Crippen LogP contribution is 2.30. The van der Waals surface area contributed by atoms with Crippen LogP contribution in [0.25, 0.3) is 34.1 Å². The van der Waals surface area contributed by atoms with Gasteiger partial charge in [0.05, 0.1) is 17.5 Å². The maximum absolute atomic E-state index is 13.0. The van der Waals surface area contributed by atoms with E-state index in [4.69, 9.17) is 4.52 Å². The SMILES string of the molecule is Fc1ccc(-c2noc(-c3cn[nH]c3-c3ccccc3)n2)cc1. The van der Waals surface area contributed by atoms with Crippen LogP contribution in [0.4, 0.5) is 4.39 Å². The van der Waals surface area contributed by atoms with E-state index in [1.165, 1.54) is 12.1 Å². The van der Waals surface area contributed by atoms with Gasteiger partial charge in [-0.2, -0.15) is 10.1 Å². The number of halogens is 1. The molecule has 6 heteroatoms. The van der Waals surface area contributed by atoms with Crippen molar-refractivity contribution in [2.75, 3.05) is 0 Å². The summed E-state index contributed by atoms with van der Waals surface area (Å²) in [5.74, 6) is 0.454. The van der Waals surface area contributed by atoms with E-state index in [-0.39, 0.29) is 5.82 Å². The van der Waals surface area contributed by atoms with Gasteiger partial charge in [-0.15, -0.1) is 0 Å². The van der Waals surface area contributed by atoms with E-state index < -0.39 is 0 Å². The zero-order valence-electron chi connectivity index (χ0n) is 11.9. The lowest BCUT2D eigenvalue weighted by atomic mass is 10.1. The van der Waals surface area contributed by atoms with E-state index in [0.29, 0.717) is 17.3 Å². The second-order valence-corrected chi connectivity index (χ2v) is 4.95. The molecule has 0 saturated heterocycles. The van der Waals surface area contributed by atoms with Crippen LogP contribution >= 0.6 is 0 Å². The van der Waals surface area contributed by atoms with Crippen molar-refractivity contribution in [2.24, 2.45) is 0 Å². The number of nitrogens with zero attached hydrogens (tertiary/aromatic N) is 3. The second kappa shape index (κ2) is 5.49. The Morgan fingerprint density at radius 2 is 1.70 bits per heavy atom. The van der Waals surface area contributed by atoms with Crippen molar-refractivity contribution in [1.29, 1.82) is 0 Å². The van der Waals surface area contributed by atoms with Crippen molar-refractivity contribution in [3.63, 3.8) is 0 Å². The van der Waals surface area contributed by atoms with Gasteiger partial charge < -0.3 is 4.52 Å². The normalized spacial score (nSPS) is 10.8. The Labute approximate surface area is 130 Å². The van der Waals surface area contributed by atoms with Crippen molar-refractivity contribution in [3.05, 3.63) is 66.6 Å². The fraction of sp³-hybridized carbons (Fsp3) is 0. The maximum atomic E-state index is 13.0. The molecule has 0 amide bonds. The third-order valence-electron chi connectivity index (χ3n) is 3.46. The molecule has 0 unspecified atom stereocenters. The highest BCUT2D eigenvalue weighted by Gasteiger charge is 2.17. The molecule has 0 atom stereocenters. The molecule has 0 fully saturated rings. The quantitative estimate of drug-likeness (QED) is 0.622. The van der Waals surface area contributed by atoms with E-state index in [0.717, 1.165) is 16.8 Å². The first-order chi connectivity index (χ1) is 11.3. The molecule has 0 aliphatic heterocycles. The van der Waals surface area contributed by atoms with Crippen LogP contribution in [0.3, 0.4) is 0 Å². The summed E-state index contributed by atoms with van der Waals surface area (Å²) in [7, 11) is 0. The minimum absolute atomic E-state index is 0.307. The van der Waals surface area contributed by atoms with Crippen LogP contribution < -0.4 is 0 Å². The molecule has 0 aliphatic rings. The van der Waals surface area contributed by atoms with Crippen molar-refractivity contribution in [1.82, 2.24) is 20.3 Å². The number of hydrogen-bond donors (Lipinski definition) is 1. The summed E-state index contributed by atoms with van der Waals surface area (Å²) in [4.78, 5) is 4.38. The lowest BCUT2D eigenvalue weighted by Crippen LogP contribution is -1.84. The van der Waals surface area contributed by atoms with Crippen molar-refractivity contribution < 1.29 is 8.91 Å². The smallest absolute Gasteiger partial charge is 0.262 e. The van der Waals surface area contributed by atoms with Crippen LogP contribution in [0.2, 0.25) is 0 Å². The van der Waals surface area contributed by atoms with Crippen LogP contribution in [0.15, 0.2) is 65.3 Å². The molecule has 112 valence electrons. The molecule has 0 bridgehead atoms. The van der Waals surface area contributed by atoms with Gasteiger partial charge in [-0.05, 0) is 24.3 Å². The predicted octanol–water partition coefficient (Wildman–Crippen LogP) is 3.93. The summed E-state index contributed by atoms with van der Waals surface area (Å²) in [6, 6.07) is 15.7. The minimum atomic E-state index is -0.307. The standard InChI is InChI=1S/C17H11FN4O/c18-13-8-6-12(7-9-13)16-20-17(23-22-16)14-10-19-21-15(14)11-4-2-1-3-5-11/h1-10H,(H,19,21). The van der Waals surface area contributed by atoms with Crippen LogP contribution in [-0.2, 0) is 0 Å². The Balaban J connectivity index is 1.73. The first-order valence-electron chi connectivity index (χ1n) is 7.00. The molecular formula is C17H11FN4O. The number of benzene rings is 2. The average Bonchev–Trinajstić information content (AvgIpc) is 3.25. The molecule has 4 rings (SSSR count). The van der Waals surface area contributed by atoms with Gasteiger partial charge in [-0.25, -0.2) is 4.39 Å². The van der Waals surface area contributed by atoms with Gasteiger partial charge in [0.15, 0.2) is 0 Å². The third-order valence-corrected chi connectivity index (χ3v) is 3.46. The number of aromatic nitrogens is 4. The second-order valence-electron chi connectivity index (χ2n) is 4.95. The van der Waals surface area contributed by atoms with Gasteiger partial charge in [0.1, 0.15) is 5.82 Å². The molecule has 0 saturated carbocycles. The average molecular weight is 306 g/mol. The van der Waals surface area contributed by atoms with Gasteiger partial charge in [0.2, 0.25) is 5.82 Å². The molecule has 2 aromatic heterocycles. The third kappa shape index (κ3) is 2.50. The summed E-state index contributed by atoms with van der Waals surface area (Å²) < 4.78 is 18.3. The van der Waals surface area contributed by atoms with Gasteiger partial charge in [0.25, 0.3) is 5.89 Å². The Kier molecular flexibility index (Phi) is 3.20. The minimum Gasteiger partial charge on any atom is -0.333 e. The Morgan fingerprint density at radius 3 is 2.48 bits per heavy atom. The van der Waals surface area contributed by atoms with E-state index in [1.54, 1.807) is 18.3 Å². The molecule has 0 spiro atoms.